The highest BCUT2D eigenvalue weighted by Crippen LogP contribution is 2.36. The third-order valence-corrected chi connectivity index (χ3v) is 4.65. The lowest BCUT2D eigenvalue weighted by Crippen LogP contribution is -1.91. The molecule has 5 heteroatoms. The van der Waals surface area contributed by atoms with Gasteiger partial charge in [0.2, 0.25) is 0 Å². The normalized spacial score (nSPS) is 11.1. The van der Waals surface area contributed by atoms with Gasteiger partial charge in [0.1, 0.15) is 11.5 Å². The zero-order valence-electron chi connectivity index (χ0n) is 13.0. The molecule has 3 heterocycles. The van der Waals surface area contributed by atoms with Gasteiger partial charge in [0, 0.05) is 23.5 Å². The number of hydrogen-bond acceptors (Lipinski definition) is 3. The summed E-state index contributed by atoms with van der Waals surface area (Å²) in [5.41, 5.74) is 4.81. The molecule has 0 aliphatic carbocycles. The predicted molar refractivity (Wildman–Crippen MR) is 95.6 cm³/mol. The number of halogens is 1. The molecule has 0 bridgehead atoms. The van der Waals surface area contributed by atoms with Gasteiger partial charge in [-0.15, -0.1) is 11.8 Å². The van der Waals surface area contributed by atoms with Crippen LogP contribution in [0, 0.1) is 5.82 Å². The number of aromatic nitrogens is 3. The molecule has 3 nitrogen and oxygen atoms in total. The van der Waals surface area contributed by atoms with E-state index < -0.39 is 0 Å². The molecule has 4 aromatic rings. The van der Waals surface area contributed by atoms with Gasteiger partial charge in [-0.05, 0) is 60.4 Å². The summed E-state index contributed by atoms with van der Waals surface area (Å²) in [5, 5.41) is 5.86. The second-order valence-electron chi connectivity index (χ2n) is 5.33. The Morgan fingerprint density at radius 3 is 2.38 bits per heavy atom. The van der Waals surface area contributed by atoms with Gasteiger partial charge >= 0.3 is 0 Å². The second-order valence-corrected chi connectivity index (χ2v) is 6.16. The van der Waals surface area contributed by atoms with E-state index in [1.807, 2.05) is 35.0 Å². The molecule has 0 saturated heterocycles. The Kier molecular flexibility index (Phi) is 3.78. The summed E-state index contributed by atoms with van der Waals surface area (Å²) in [6.45, 7) is 0. The fourth-order valence-electron chi connectivity index (χ4n) is 2.81. The molecule has 0 atom stereocenters. The first-order valence-corrected chi connectivity index (χ1v) is 8.72. The number of thioether (sulfide) groups is 1. The highest BCUT2D eigenvalue weighted by atomic mass is 32.2. The summed E-state index contributed by atoms with van der Waals surface area (Å²) in [6.07, 6.45) is 5.57. The average Bonchev–Trinajstić information content (AvgIpc) is 3.02. The Morgan fingerprint density at radius 1 is 0.917 bits per heavy atom. The van der Waals surface area contributed by atoms with Crippen LogP contribution in [0.5, 0.6) is 0 Å². The van der Waals surface area contributed by atoms with Gasteiger partial charge < -0.3 is 0 Å². The van der Waals surface area contributed by atoms with Crippen molar-refractivity contribution < 1.29 is 4.39 Å². The molecule has 0 fully saturated rings. The quantitative estimate of drug-likeness (QED) is 0.498. The number of pyridine rings is 2. The zero-order valence-corrected chi connectivity index (χ0v) is 13.8. The molecule has 3 aromatic heterocycles. The number of benzene rings is 1. The van der Waals surface area contributed by atoms with Crippen LogP contribution < -0.4 is 0 Å². The first-order chi connectivity index (χ1) is 11.8. The summed E-state index contributed by atoms with van der Waals surface area (Å²) in [6, 6.07) is 16.5. The molecule has 0 N–H and O–H groups in total. The Labute approximate surface area is 143 Å². The van der Waals surface area contributed by atoms with Crippen molar-refractivity contribution in [1.29, 1.82) is 0 Å². The molecule has 0 spiro atoms. The topological polar surface area (TPSA) is 30.2 Å². The Balaban J connectivity index is 2.06. The van der Waals surface area contributed by atoms with E-state index in [1.165, 1.54) is 12.1 Å². The standard InChI is InChI=1S/C19H14FN3S/c1-24-17-4-2-3-16-18(13-9-11-21-12-10-13)19(22-23(16)17)14-5-7-15(20)8-6-14/h2-12H,1H3. The van der Waals surface area contributed by atoms with Crippen molar-refractivity contribution in [2.75, 3.05) is 6.26 Å². The molecular formula is C19H14FN3S. The van der Waals surface area contributed by atoms with Crippen molar-refractivity contribution in [1.82, 2.24) is 14.6 Å². The second kappa shape index (κ2) is 6.09. The average molecular weight is 335 g/mol. The van der Waals surface area contributed by atoms with E-state index in [9.17, 15) is 4.39 Å². The van der Waals surface area contributed by atoms with Crippen LogP contribution in [0.4, 0.5) is 4.39 Å². The Bertz CT molecular complexity index is 994. The van der Waals surface area contributed by atoms with Gasteiger partial charge in [0.05, 0.1) is 10.5 Å². The maximum Gasteiger partial charge on any atom is 0.123 e. The van der Waals surface area contributed by atoms with Gasteiger partial charge in [-0.2, -0.15) is 5.10 Å². The van der Waals surface area contributed by atoms with Crippen molar-refractivity contribution in [3.05, 3.63) is 72.8 Å². The van der Waals surface area contributed by atoms with Gasteiger partial charge in [-0.3, -0.25) is 4.98 Å². The lowest BCUT2D eigenvalue weighted by molar-refractivity contribution is 0.628. The molecule has 0 radical (unpaired) electrons. The van der Waals surface area contributed by atoms with Crippen LogP contribution in [0.2, 0.25) is 0 Å². The van der Waals surface area contributed by atoms with Crippen LogP contribution in [-0.4, -0.2) is 20.9 Å². The molecule has 24 heavy (non-hydrogen) atoms. The molecule has 0 aliphatic rings. The monoisotopic (exact) mass is 335 g/mol. The third kappa shape index (κ3) is 2.47. The Morgan fingerprint density at radius 2 is 1.67 bits per heavy atom. The molecule has 0 saturated carbocycles. The lowest BCUT2D eigenvalue weighted by Gasteiger charge is -2.04. The molecule has 0 amide bonds. The third-order valence-electron chi connectivity index (χ3n) is 3.92. The lowest BCUT2D eigenvalue weighted by atomic mass is 10.0. The predicted octanol–water partition coefficient (Wildman–Crippen LogP) is 4.92. The number of fused-ring (bicyclic) bond motifs is 1. The minimum atomic E-state index is -0.252. The van der Waals surface area contributed by atoms with Crippen LogP contribution in [0.1, 0.15) is 0 Å². The molecule has 0 unspecified atom stereocenters. The zero-order chi connectivity index (χ0) is 16.5. The first kappa shape index (κ1) is 14.9. The van der Waals surface area contributed by atoms with E-state index >= 15 is 0 Å². The maximum absolute atomic E-state index is 13.3. The minimum Gasteiger partial charge on any atom is -0.265 e. The van der Waals surface area contributed by atoms with Crippen molar-refractivity contribution in [2.24, 2.45) is 0 Å². The molecule has 4 rings (SSSR count). The fourth-order valence-corrected chi connectivity index (χ4v) is 3.34. The van der Waals surface area contributed by atoms with Crippen molar-refractivity contribution >= 4 is 17.3 Å². The van der Waals surface area contributed by atoms with E-state index in [0.717, 1.165) is 32.9 Å². The van der Waals surface area contributed by atoms with Crippen LogP contribution in [0.3, 0.4) is 0 Å². The summed E-state index contributed by atoms with van der Waals surface area (Å²) in [5.74, 6) is -0.252. The van der Waals surface area contributed by atoms with Gasteiger partial charge in [-0.1, -0.05) is 6.07 Å². The molecular weight excluding hydrogens is 321 g/mol. The van der Waals surface area contributed by atoms with Crippen molar-refractivity contribution in [3.8, 4) is 22.4 Å². The SMILES string of the molecule is CSc1cccc2c(-c3ccncc3)c(-c3ccc(F)cc3)nn12. The highest BCUT2D eigenvalue weighted by molar-refractivity contribution is 7.98. The van der Waals surface area contributed by atoms with E-state index in [1.54, 1.807) is 36.3 Å². The van der Waals surface area contributed by atoms with Gasteiger partial charge in [0.25, 0.3) is 0 Å². The largest absolute Gasteiger partial charge is 0.265 e. The van der Waals surface area contributed by atoms with E-state index in [-0.39, 0.29) is 5.82 Å². The number of rotatable bonds is 3. The smallest absolute Gasteiger partial charge is 0.123 e. The summed E-state index contributed by atoms with van der Waals surface area (Å²) >= 11 is 1.64. The van der Waals surface area contributed by atoms with E-state index in [0.29, 0.717) is 0 Å². The van der Waals surface area contributed by atoms with Crippen LogP contribution in [0.15, 0.2) is 72.0 Å². The van der Waals surface area contributed by atoms with Crippen LogP contribution in [0.25, 0.3) is 27.9 Å². The molecule has 1 aromatic carbocycles. The van der Waals surface area contributed by atoms with Crippen LogP contribution in [-0.2, 0) is 0 Å². The molecule has 0 aliphatic heterocycles. The summed E-state index contributed by atoms with van der Waals surface area (Å²) in [4.78, 5) is 4.10. The summed E-state index contributed by atoms with van der Waals surface area (Å²) in [7, 11) is 0. The van der Waals surface area contributed by atoms with E-state index in [2.05, 4.69) is 11.1 Å². The maximum atomic E-state index is 13.3. The minimum absolute atomic E-state index is 0.252. The number of hydrogen-bond donors (Lipinski definition) is 0. The van der Waals surface area contributed by atoms with Crippen molar-refractivity contribution in [2.45, 2.75) is 5.03 Å². The Hall–Kier alpha value is -2.66. The summed E-state index contributed by atoms with van der Waals surface area (Å²) < 4.78 is 15.3. The molecule has 118 valence electrons. The fraction of sp³-hybridized carbons (Fsp3) is 0.0526. The highest BCUT2D eigenvalue weighted by Gasteiger charge is 2.17. The van der Waals surface area contributed by atoms with E-state index in [4.69, 9.17) is 5.10 Å². The van der Waals surface area contributed by atoms with Gasteiger partial charge in [-0.25, -0.2) is 8.91 Å². The van der Waals surface area contributed by atoms with Gasteiger partial charge in [0.15, 0.2) is 0 Å². The first-order valence-electron chi connectivity index (χ1n) is 7.50. The number of nitrogens with zero attached hydrogens (tertiary/aromatic N) is 3. The van der Waals surface area contributed by atoms with Crippen LogP contribution >= 0.6 is 11.8 Å². The van der Waals surface area contributed by atoms with Crippen molar-refractivity contribution in [3.63, 3.8) is 0 Å².